The van der Waals surface area contributed by atoms with E-state index >= 15 is 0 Å². The number of benzene rings is 2. The highest BCUT2D eigenvalue weighted by Crippen LogP contribution is 2.38. The van der Waals surface area contributed by atoms with E-state index in [-0.39, 0.29) is 12.5 Å². The third kappa shape index (κ3) is 3.85. The number of aromatic nitrogens is 2. The molecule has 0 saturated carbocycles. The number of para-hydroxylation sites is 2. The number of hydrogen-bond acceptors (Lipinski definition) is 4. The van der Waals surface area contributed by atoms with Crippen LogP contribution in [0.3, 0.4) is 0 Å². The van der Waals surface area contributed by atoms with Crippen molar-refractivity contribution in [3.63, 3.8) is 0 Å². The average Bonchev–Trinajstić information content (AvgIpc) is 3.04. The molecule has 2 aromatic carbocycles. The molecule has 1 amide bonds. The molecule has 146 valence electrons. The number of halogens is 1. The van der Waals surface area contributed by atoms with Gasteiger partial charge in [0.1, 0.15) is 25.6 Å². The normalized spacial score (nSPS) is 12.9. The minimum Gasteiger partial charge on any atom is -0.486 e. The van der Waals surface area contributed by atoms with Crippen molar-refractivity contribution in [3.05, 3.63) is 46.7 Å². The molecule has 0 spiro atoms. The Balaban J connectivity index is 1.57. The maximum Gasteiger partial charge on any atom is 0.244 e. The van der Waals surface area contributed by atoms with Gasteiger partial charge in [-0.1, -0.05) is 25.5 Å². The molecular weight excluding hydrogens is 422 g/mol. The summed E-state index contributed by atoms with van der Waals surface area (Å²) in [4.78, 5) is 17.5. The standard InChI is InChI=1S/C21H22BrN3O3/c1-2-3-8-20-23-15-6-4-5-7-17(15)25(20)13-21(26)24-16-12-19-18(11-14(16)22)27-9-10-28-19/h4-7,11-12H,2-3,8-10,13H2,1H3,(H,24,26). The molecule has 0 aliphatic carbocycles. The number of imidazole rings is 1. The van der Waals surface area contributed by atoms with Gasteiger partial charge in [0.25, 0.3) is 0 Å². The van der Waals surface area contributed by atoms with Gasteiger partial charge in [-0.25, -0.2) is 4.98 Å². The lowest BCUT2D eigenvalue weighted by molar-refractivity contribution is -0.116. The van der Waals surface area contributed by atoms with Crippen molar-refractivity contribution in [3.8, 4) is 11.5 Å². The second-order valence-electron chi connectivity index (χ2n) is 6.73. The Kier molecular flexibility index (Phi) is 5.52. The summed E-state index contributed by atoms with van der Waals surface area (Å²) in [6, 6.07) is 11.5. The van der Waals surface area contributed by atoms with Gasteiger partial charge in [0.2, 0.25) is 5.91 Å². The minimum atomic E-state index is -0.113. The van der Waals surface area contributed by atoms with Crippen molar-refractivity contribution < 1.29 is 14.3 Å². The first kappa shape index (κ1) is 18.8. The summed E-state index contributed by atoms with van der Waals surface area (Å²) in [7, 11) is 0. The van der Waals surface area contributed by atoms with E-state index in [1.54, 1.807) is 6.07 Å². The maximum absolute atomic E-state index is 12.8. The molecule has 0 unspecified atom stereocenters. The molecule has 28 heavy (non-hydrogen) atoms. The fourth-order valence-corrected chi connectivity index (χ4v) is 3.74. The molecule has 3 aromatic rings. The van der Waals surface area contributed by atoms with Crippen LogP contribution in [0.4, 0.5) is 5.69 Å². The van der Waals surface area contributed by atoms with E-state index < -0.39 is 0 Å². The van der Waals surface area contributed by atoms with Gasteiger partial charge in [-0.3, -0.25) is 4.79 Å². The van der Waals surface area contributed by atoms with Gasteiger partial charge in [0, 0.05) is 23.0 Å². The van der Waals surface area contributed by atoms with Crippen LogP contribution in [-0.4, -0.2) is 28.7 Å². The number of amides is 1. The number of unbranched alkanes of at least 4 members (excludes halogenated alkanes) is 1. The second kappa shape index (κ2) is 8.22. The Morgan fingerprint density at radius 3 is 2.75 bits per heavy atom. The SMILES string of the molecule is CCCCc1nc2ccccc2n1CC(=O)Nc1cc2c(cc1Br)OCCO2. The Morgan fingerprint density at radius 2 is 1.96 bits per heavy atom. The number of anilines is 1. The third-order valence-electron chi connectivity index (χ3n) is 4.70. The molecule has 1 aliphatic rings. The Hall–Kier alpha value is -2.54. The van der Waals surface area contributed by atoms with E-state index in [9.17, 15) is 4.79 Å². The lowest BCUT2D eigenvalue weighted by Gasteiger charge is -2.20. The van der Waals surface area contributed by atoms with Crippen molar-refractivity contribution in [1.29, 1.82) is 0 Å². The summed E-state index contributed by atoms with van der Waals surface area (Å²) in [6.07, 6.45) is 2.98. The predicted molar refractivity (Wildman–Crippen MR) is 112 cm³/mol. The zero-order valence-electron chi connectivity index (χ0n) is 15.7. The molecule has 1 N–H and O–H groups in total. The number of nitrogens with one attached hydrogen (secondary N) is 1. The highest BCUT2D eigenvalue weighted by Gasteiger charge is 2.18. The fourth-order valence-electron chi connectivity index (χ4n) is 3.32. The maximum atomic E-state index is 12.8. The fraction of sp³-hybridized carbons (Fsp3) is 0.333. The molecule has 0 saturated heterocycles. The molecule has 1 aliphatic heterocycles. The Labute approximate surface area is 172 Å². The number of aryl methyl sites for hydroxylation is 1. The number of carbonyl (C=O) groups excluding carboxylic acids is 1. The summed E-state index contributed by atoms with van der Waals surface area (Å²) in [5.41, 5.74) is 2.56. The van der Waals surface area contributed by atoms with Crippen LogP contribution in [0.2, 0.25) is 0 Å². The highest BCUT2D eigenvalue weighted by atomic mass is 79.9. The summed E-state index contributed by atoms with van der Waals surface area (Å²) in [5.74, 6) is 2.15. The zero-order valence-corrected chi connectivity index (χ0v) is 17.3. The molecule has 1 aromatic heterocycles. The van der Waals surface area contributed by atoms with Crippen LogP contribution < -0.4 is 14.8 Å². The van der Waals surface area contributed by atoms with Crippen molar-refractivity contribution in [2.75, 3.05) is 18.5 Å². The molecular formula is C21H22BrN3O3. The van der Waals surface area contributed by atoms with Crippen LogP contribution in [0.25, 0.3) is 11.0 Å². The summed E-state index contributed by atoms with van der Waals surface area (Å²) >= 11 is 3.50. The van der Waals surface area contributed by atoms with Crippen LogP contribution in [-0.2, 0) is 17.8 Å². The number of nitrogens with zero attached hydrogens (tertiary/aromatic N) is 2. The van der Waals surface area contributed by atoms with E-state index in [0.29, 0.717) is 30.4 Å². The van der Waals surface area contributed by atoms with Crippen molar-refractivity contribution >= 4 is 38.6 Å². The van der Waals surface area contributed by atoms with Gasteiger partial charge in [0.15, 0.2) is 11.5 Å². The van der Waals surface area contributed by atoms with E-state index in [2.05, 4.69) is 28.2 Å². The summed E-state index contributed by atoms with van der Waals surface area (Å²) in [6.45, 7) is 3.39. The predicted octanol–water partition coefficient (Wildman–Crippen LogP) is 4.55. The molecule has 0 atom stereocenters. The first-order valence-electron chi connectivity index (χ1n) is 9.49. The smallest absolute Gasteiger partial charge is 0.244 e. The van der Waals surface area contributed by atoms with Crippen molar-refractivity contribution in [1.82, 2.24) is 9.55 Å². The molecule has 4 rings (SSSR count). The first-order chi connectivity index (χ1) is 13.7. The molecule has 0 fully saturated rings. The average molecular weight is 444 g/mol. The molecule has 0 bridgehead atoms. The van der Waals surface area contributed by atoms with Gasteiger partial charge >= 0.3 is 0 Å². The minimum absolute atomic E-state index is 0.113. The van der Waals surface area contributed by atoms with Crippen LogP contribution >= 0.6 is 15.9 Å². The van der Waals surface area contributed by atoms with Crippen molar-refractivity contribution in [2.45, 2.75) is 32.7 Å². The van der Waals surface area contributed by atoms with Gasteiger partial charge in [0.05, 0.1) is 16.7 Å². The van der Waals surface area contributed by atoms with E-state index in [1.165, 1.54) is 0 Å². The monoisotopic (exact) mass is 443 g/mol. The van der Waals surface area contributed by atoms with E-state index in [4.69, 9.17) is 14.5 Å². The van der Waals surface area contributed by atoms with Crippen LogP contribution in [0, 0.1) is 0 Å². The number of carbonyl (C=O) groups is 1. The summed E-state index contributed by atoms with van der Waals surface area (Å²) in [5, 5.41) is 2.98. The zero-order chi connectivity index (χ0) is 19.5. The lowest BCUT2D eigenvalue weighted by Crippen LogP contribution is -2.21. The van der Waals surface area contributed by atoms with Crippen LogP contribution in [0.5, 0.6) is 11.5 Å². The van der Waals surface area contributed by atoms with Gasteiger partial charge < -0.3 is 19.4 Å². The highest BCUT2D eigenvalue weighted by molar-refractivity contribution is 9.10. The second-order valence-corrected chi connectivity index (χ2v) is 7.58. The van der Waals surface area contributed by atoms with E-state index in [1.807, 2.05) is 34.9 Å². The number of fused-ring (bicyclic) bond motifs is 2. The first-order valence-corrected chi connectivity index (χ1v) is 10.3. The van der Waals surface area contributed by atoms with Crippen molar-refractivity contribution in [2.24, 2.45) is 0 Å². The summed E-state index contributed by atoms with van der Waals surface area (Å²) < 4.78 is 13.9. The topological polar surface area (TPSA) is 65.4 Å². The molecule has 2 heterocycles. The molecule has 7 heteroatoms. The third-order valence-corrected chi connectivity index (χ3v) is 5.35. The molecule has 6 nitrogen and oxygen atoms in total. The van der Waals surface area contributed by atoms with Crippen LogP contribution in [0.1, 0.15) is 25.6 Å². The van der Waals surface area contributed by atoms with Gasteiger partial charge in [-0.05, 0) is 34.5 Å². The quantitative estimate of drug-likeness (QED) is 0.606. The lowest BCUT2D eigenvalue weighted by atomic mass is 10.2. The number of hydrogen-bond donors (Lipinski definition) is 1. The van der Waals surface area contributed by atoms with Gasteiger partial charge in [-0.2, -0.15) is 0 Å². The number of ether oxygens (including phenoxy) is 2. The van der Waals surface area contributed by atoms with E-state index in [0.717, 1.165) is 40.6 Å². The largest absolute Gasteiger partial charge is 0.486 e. The van der Waals surface area contributed by atoms with Crippen LogP contribution in [0.15, 0.2) is 40.9 Å². The Bertz CT molecular complexity index is 1020. The Morgan fingerprint density at radius 1 is 1.21 bits per heavy atom. The number of rotatable bonds is 6. The molecule has 0 radical (unpaired) electrons. The van der Waals surface area contributed by atoms with Gasteiger partial charge in [-0.15, -0.1) is 0 Å².